The highest BCUT2D eigenvalue weighted by Crippen LogP contribution is 2.35. The van der Waals surface area contributed by atoms with E-state index in [0.717, 1.165) is 12.3 Å². The monoisotopic (exact) mass is 327 g/mol. The first-order valence-corrected chi connectivity index (χ1v) is 8.53. The van der Waals surface area contributed by atoms with Crippen LogP contribution in [0.25, 0.3) is 22.0 Å². The largest absolute Gasteiger partial charge is 0.497 e. The predicted octanol–water partition coefficient (Wildman–Crippen LogP) is 5.67. The van der Waals surface area contributed by atoms with Crippen LogP contribution >= 0.6 is 0 Å². The van der Waals surface area contributed by atoms with Crippen molar-refractivity contribution in [1.29, 1.82) is 0 Å². The van der Waals surface area contributed by atoms with E-state index in [1.807, 2.05) is 6.07 Å². The Balaban J connectivity index is 1.88. The molecule has 0 bridgehead atoms. The molecule has 2 nitrogen and oxygen atoms in total. The van der Waals surface area contributed by atoms with Gasteiger partial charge in [-0.3, -0.25) is 0 Å². The number of rotatable bonds is 4. The van der Waals surface area contributed by atoms with Gasteiger partial charge in [0.15, 0.2) is 0 Å². The van der Waals surface area contributed by atoms with Crippen molar-refractivity contribution >= 4 is 10.9 Å². The van der Waals surface area contributed by atoms with E-state index in [-0.39, 0.29) is 0 Å². The second-order valence-electron chi connectivity index (χ2n) is 6.35. The maximum atomic E-state index is 5.44. The molecule has 1 heterocycles. The number of aromatic nitrogens is 1. The van der Waals surface area contributed by atoms with E-state index < -0.39 is 0 Å². The van der Waals surface area contributed by atoms with E-state index in [1.54, 1.807) is 7.11 Å². The fourth-order valence-corrected chi connectivity index (χ4v) is 3.39. The summed E-state index contributed by atoms with van der Waals surface area (Å²) in [6.45, 7) is 3.02. The van der Waals surface area contributed by atoms with Gasteiger partial charge in [0.2, 0.25) is 0 Å². The van der Waals surface area contributed by atoms with E-state index in [0.29, 0.717) is 0 Å². The lowest BCUT2D eigenvalue weighted by Crippen LogP contribution is -1.97. The Hall–Kier alpha value is -3.00. The maximum absolute atomic E-state index is 5.44. The molecule has 0 atom stereocenters. The lowest BCUT2D eigenvalue weighted by Gasteiger charge is -2.07. The van der Waals surface area contributed by atoms with Gasteiger partial charge in [0.05, 0.1) is 7.11 Å². The van der Waals surface area contributed by atoms with E-state index >= 15 is 0 Å². The molecule has 0 saturated carbocycles. The van der Waals surface area contributed by atoms with Crippen LogP contribution in [0.2, 0.25) is 0 Å². The third-order valence-electron chi connectivity index (χ3n) is 4.72. The minimum absolute atomic E-state index is 0.865. The number of hydrogen-bond acceptors (Lipinski definition) is 1. The summed E-state index contributed by atoms with van der Waals surface area (Å²) in [5.74, 6) is 0.889. The Morgan fingerprint density at radius 1 is 0.840 bits per heavy atom. The van der Waals surface area contributed by atoms with Gasteiger partial charge in [-0.1, -0.05) is 54.6 Å². The lowest BCUT2D eigenvalue weighted by molar-refractivity contribution is 0.415. The van der Waals surface area contributed by atoms with Crippen LogP contribution in [-0.2, 0) is 6.54 Å². The van der Waals surface area contributed by atoms with Crippen LogP contribution in [0, 0.1) is 6.92 Å². The SMILES string of the molecule is COc1ccc(C)c(-c2cn(Cc3ccccc3)c3ccccc23)c1. The highest BCUT2D eigenvalue weighted by atomic mass is 16.5. The summed E-state index contributed by atoms with van der Waals surface area (Å²) in [5, 5.41) is 1.27. The minimum Gasteiger partial charge on any atom is -0.497 e. The molecule has 25 heavy (non-hydrogen) atoms. The molecule has 1 aromatic heterocycles. The number of nitrogens with zero attached hydrogens (tertiary/aromatic N) is 1. The van der Waals surface area contributed by atoms with Gasteiger partial charge in [-0.25, -0.2) is 0 Å². The van der Waals surface area contributed by atoms with Crippen molar-refractivity contribution in [2.75, 3.05) is 7.11 Å². The van der Waals surface area contributed by atoms with Crippen molar-refractivity contribution in [3.63, 3.8) is 0 Å². The van der Waals surface area contributed by atoms with Crippen molar-refractivity contribution in [2.45, 2.75) is 13.5 Å². The molecule has 3 aromatic carbocycles. The summed E-state index contributed by atoms with van der Waals surface area (Å²) in [5.41, 5.74) is 6.29. The smallest absolute Gasteiger partial charge is 0.119 e. The number of hydrogen-bond donors (Lipinski definition) is 0. The average molecular weight is 327 g/mol. The van der Waals surface area contributed by atoms with Gasteiger partial charge in [0.1, 0.15) is 5.75 Å². The zero-order valence-corrected chi connectivity index (χ0v) is 14.6. The Kier molecular flexibility index (Phi) is 4.02. The molecular formula is C23H21NO. The molecule has 2 heteroatoms. The first-order valence-electron chi connectivity index (χ1n) is 8.53. The van der Waals surface area contributed by atoms with Crippen LogP contribution in [0.15, 0.2) is 79.0 Å². The maximum Gasteiger partial charge on any atom is 0.119 e. The van der Waals surface area contributed by atoms with E-state index in [4.69, 9.17) is 4.74 Å². The average Bonchev–Trinajstić information content (AvgIpc) is 3.02. The van der Waals surface area contributed by atoms with Crippen molar-refractivity contribution in [2.24, 2.45) is 0 Å². The Labute approximate surface area is 148 Å². The first-order chi connectivity index (χ1) is 12.3. The molecule has 0 saturated heterocycles. The molecule has 0 aliphatic heterocycles. The molecule has 0 aliphatic carbocycles. The van der Waals surface area contributed by atoms with Gasteiger partial charge < -0.3 is 9.30 Å². The molecule has 4 aromatic rings. The van der Waals surface area contributed by atoms with Crippen LogP contribution < -0.4 is 4.74 Å². The molecule has 0 aliphatic rings. The summed E-state index contributed by atoms with van der Waals surface area (Å²) >= 11 is 0. The van der Waals surface area contributed by atoms with Gasteiger partial charge in [0, 0.05) is 29.2 Å². The standard InChI is InChI=1S/C23H21NO/c1-17-12-13-19(25-2)14-21(17)22-16-24(15-18-8-4-3-5-9-18)23-11-7-6-10-20(22)23/h3-14,16H,15H2,1-2H3. The molecule has 124 valence electrons. The van der Waals surface area contributed by atoms with E-state index in [1.165, 1.54) is 33.2 Å². The summed E-state index contributed by atoms with van der Waals surface area (Å²) in [7, 11) is 1.72. The van der Waals surface area contributed by atoms with Gasteiger partial charge in [0.25, 0.3) is 0 Å². The minimum atomic E-state index is 0.865. The molecule has 0 radical (unpaired) electrons. The lowest BCUT2D eigenvalue weighted by atomic mass is 10.00. The molecule has 0 fully saturated rings. The number of para-hydroxylation sites is 1. The van der Waals surface area contributed by atoms with Crippen LogP contribution in [-0.4, -0.2) is 11.7 Å². The third-order valence-corrected chi connectivity index (χ3v) is 4.72. The van der Waals surface area contributed by atoms with Gasteiger partial charge in [-0.15, -0.1) is 0 Å². The second-order valence-corrected chi connectivity index (χ2v) is 6.35. The summed E-state index contributed by atoms with van der Waals surface area (Å²) in [6, 6.07) is 25.5. The number of fused-ring (bicyclic) bond motifs is 1. The topological polar surface area (TPSA) is 14.2 Å². The summed E-state index contributed by atoms with van der Waals surface area (Å²) in [6.07, 6.45) is 2.26. The quantitative estimate of drug-likeness (QED) is 0.471. The molecule has 4 rings (SSSR count). The number of aryl methyl sites for hydroxylation is 1. The highest BCUT2D eigenvalue weighted by Gasteiger charge is 2.13. The fraction of sp³-hybridized carbons (Fsp3) is 0.130. The molecule has 0 N–H and O–H groups in total. The normalized spacial score (nSPS) is 11.0. The van der Waals surface area contributed by atoms with E-state index in [2.05, 4.69) is 84.4 Å². The van der Waals surface area contributed by atoms with Crippen LogP contribution in [0.5, 0.6) is 5.75 Å². The van der Waals surface area contributed by atoms with Crippen LogP contribution in [0.3, 0.4) is 0 Å². The van der Waals surface area contributed by atoms with Gasteiger partial charge in [-0.05, 0) is 41.8 Å². The summed E-state index contributed by atoms with van der Waals surface area (Å²) < 4.78 is 7.77. The number of ether oxygens (including phenoxy) is 1. The van der Waals surface area contributed by atoms with Gasteiger partial charge >= 0.3 is 0 Å². The van der Waals surface area contributed by atoms with Crippen molar-refractivity contribution in [3.05, 3.63) is 90.1 Å². The zero-order chi connectivity index (χ0) is 17.2. The zero-order valence-electron chi connectivity index (χ0n) is 14.6. The van der Waals surface area contributed by atoms with Crippen LogP contribution in [0.1, 0.15) is 11.1 Å². The Morgan fingerprint density at radius 3 is 2.40 bits per heavy atom. The highest BCUT2D eigenvalue weighted by molar-refractivity contribution is 5.97. The van der Waals surface area contributed by atoms with Crippen molar-refractivity contribution < 1.29 is 4.74 Å². The van der Waals surface area contributed by atoms with Crippen LogP contribution in [0.4, 0.5) is 0 Å². The second kappa shape index (κ2) is 6.48. The fourth-order valence-electron chi connectivity index (χ4n) is 3.39. The molecule has 0 amide bonds. The third kappa shape index (κ3) is 2.91. The Morgan fingerprint density at radius 2 is 1.60 bits per heavy atom. The van der Waals surface area contributed by atoms with Crippen molar-refractivity contribution in [1.82, 2.24) is 4.57 Å². The molecular weight excluding hydrogens is 306 g/mol. The van der Waals surface area contributed by atoms with Gasteiger partial charge in [-0.2, -0.15) is 0 Å². The van der Waals surface area contributed by atoms with Crippen molar-refractivity contribution in [3.8, 4) is 16.9 Å². The predicted molar refractivity (Wildman–Crippen MR) is 104 cm³/mol. The Bertz CT molecular complexity index is 1010. The number of benzene rings is 3. The summed E-state index contributed by atoms with van der Waals surface area (Å²) in [4.78, 5) is 0. The number of methoxy groups -OCH3 is 1. The van der Waals surface area contributed by atoms with E-state index in [9.17, 15) is 0 Å². The molecule has 0 unspecified atom stereocenters. The first kappa shape index (κ1) is 15.5. The molecule has 0 spiro atoms.